The third-order valence-corrected chi connectivity index (χ3v) is 4.56. The molecule has 0 atom stereocenters. The van der Waals surface area contributed by atoms with Gasteiger partial charge < -0.3 is 10.5 Å². The first kappa shape index (κ1) is 21.3. The Kier molecular flexibility index (Phi) is 5.79. The predicted octanol–water partition coefficient (Wildman–Crippen LogP) is 2.77. The van der Waals surface area contributed by atoms with Crippen LogP contribution in [-0.2, 0) is 19.8 Å². The van der Waals surface area contributed by atoms with Gasteiger partial charge in [0.2, 0.25) is 0 Å². The molecule has 0 bridgehead atoms. The third-order valence-electron chi connectivity index (χ3n) is 4.32. The number of nitrogens with two attached hydrogens (primary N) is 1. The summed E-state index contributed by atoms with van der Waals surface area (Å²) < 4.78 is 45.6. The van der Waals surface area contributed by atoms with Crippen molar-refractivity contribution in [1.29, 1.82) is 0 Å². The van der Waals surface area contributed by atoms with Gasteiger partial charge in [-0.1, -0.05) is 30.4 Å². The van der Waals surface area contributed by atoms with Crippen molar-refractivity contribution in [3.8, 4) is 11.4 Å². The lowest BCUT2D eigenvalue weighted by atomic mass is 10.1. The van der Waals surface area contributed by atoms with Crippen molar-refractivity contribution in [2.24, 2.45) is 12.8 Å². The fourth-order valence-corrected chi connectivity index (χ4v) is 2.93. The van der Waals surface area contributed by atoms with Gasteiger partial charge in [0, 0.05) is 18.7 Å². The van der Waals surface area contributed by atoms with Crippen molar-refractivity contribution < 1.29 is 17.9 Å². The maximum absolute atomic E-state index is 13.0. The van der Waals surface area contributed by atoms with E-state index in [0.717, 1.165) is 12.6 Å². The number of aromatic nitrogens is 2. The maximum Gasteiger partial charge on any atom is 0.431 e. The van der Waals surface area contributed by atoms with Gasteiger partial charge in [-0.15, -0.1) is 0 Å². The summed E-state index contributed by atoms with van der Waals surface area (Å²) in [5.74, 6) is 0.441. The molecule has 0 spiro atoms. The van der Waals surface area contributed by atoms with Crippen molar-refractivity contribution in [3.05, 3.63) is 92.3 Å². The Morgan fingerprint density at radius 2 is 1.77 bits per heavy atom. The van der Waals surface area contributed by atoms with E-state index in [2.05, 4.69) is 0 Å². The zero-order chi connectivity index (χ0) is 22.1. The molecule has 6 nitrogen and oxygen atoms in total. The van der Waals surface area contributed by atoms with E-state index >= 15 is 0 Å². The molecule has 1 aromatic heterocycles. The van der Waals surface area contributed by atoms with E-state index in [9.17, 15) is 22.8 Å². The average molecular weight is 435 g/mol. The normalized spacial score (nSPS) is 11.3. The summed E-state index contributed by atoms with van der Waals surface area (Å²) in [6, 6.07) is 13.4. The molecule has 0 unspecified atom stereocenters. The van der Waals surface area contributed by atoms with Gasteiger partial charge in [0.1, 0.15) is 23.0 Å². The molecule has 10 heteroatoms. The largest absolute Gasteiger partial charge is 0.489 e. The molecule has 156 valence electrons. The standard InChI is InChI=1S/C20H16F3N3O3S/c1-25-16(20(21,22)23)10-17(27)26(19(25)28)14-5-7-15(8-6-14)29-11-12-3-2-4-13(9-12)18(24)30/h2-10H,11H2,1H3,(H2,24,30). The average Bonchev–Trinajstić information content (AvgIpc) is 2.69. The topological polar surface area (TPSA) is 79.2 Å². The molecule has 0 aliphatic rings. The van der Waals surface area contributed by atoms with Gasteiger partial charge in [0.05, 0.1) is 5.69 Å². The highest BCUT2D eigenvalue weighted by molar-refractivity contribution is 7.80. The quantitative estimate of drug-likeness (QED) is 0.624. The fourth-order valence-electron chi connectivity index (χ4n) is 2.81. The van der Waals surface area contributed by atoms with E-state index < -0.39 is 23.1 Å². The molecule has 0 aliphatic heterocycles. The van der Waals surface area contributed by atoms with Crippen LogP contribution >= 0.6 is 12.2 Å². The Balaban J connectivity index is 1.84. The van der Waals surface area contributed by atoms with Crippen molar-refractivity contribution in [2.45, 2.75) is 12.8 Å². The maximum atomic E-state index is 13.0. The SMILES string of the molecule is Cn1c(C(F)(F)F)cc(=O)n(-c2ccc(OCc3cccc(C(N)=S)c3)cc2)c1=O. The minimum Gasteiger partial charge on any atom is -0.489 e. The number of rotatable bonds is 5. The van der Waals surface area contributed by atoms with Crippen LogP contribution in [0.5, 0.6) is 5.75 Å². The van der Waals surface area contributed by atoms with Crippen LogP contribution in [0, 0.1) is 0 Å². The highest BCUT2D eigenvalue weighted by atomic mass is 32.1. The molecule has 0 radical (unpaired) electrons. The molecule has 3 rings (SSSR count). The van der Waals surface area contributed by atoms with E-state index in [1.54, 1.807) is 18.2 Å². The molecule has 0 saturated heterocycles. The minimum atomic E-state index is -4.81. The van der Waals surface area contributed by atoms with E-state index in [0.29, 0.717) is 26.5 Å². The van der Waals surface area contributed by atoms with Crippen LogP contribution in [0.1, 0.15) is 16.8 Å². The number of hydrogen-bond donors (Lipinski definition) is 1. The summed E-state index contributed by atoms with van der Waals surface area (Å²) in [5, 5.41) is 0. The molecule has 30 heavy (non-hydrogen) atoms. The molecule has 2 N–H and O–H groups in total. The number of hydrogen-bond acceptors (Lipinski definition) is 4. The van der Waals surface area contributed by atoms with Crippen LogP contribution in [0.2, 0.25) is 0 Å². The van der Waals surface area contributed by atoms with Crippen molar-refractivity contribution in [3.63, 3.8) is 0 Å². The third kappa shape index (κ3) is 4.43. The summed E-state index contributed by atoms with van der Waals surface area (Å²) in [6.45, 7) is 0.220. The molecule has 2 aromatic carbocycles. The lowest BCUT2D eigenvalue weighted by molar-refractivity contribution is -0.144. The summed E-state index contributed by atoms with van der Waals surface area (Å²) in [4.78, 5) is 24.7. The van der Waals surface area contributed by atoms with Crippen LogP contribution in [0.3, 0.4) is 0 Å². The van der Waals surface area contributed by atoms with Crippen molar-refractivity contribution in [1.82, 2.24) is 9.13 Å². The number of alkyl halides is 3. The first-order chi connectivity index (χ1) is 14.1. The molecule has 1 heterocycles. The molecule has 3 aromatic rings. The number of benzene rings is 2. The monoisotopic (exact) mass is 435 g/mol. The van der Waals surface area contributed by atoms with Gasteiger partial charge in [-0.2, -0.15) is 13.2 Å². The van der Waals surface area contributed by atoms with E-state index in [1.165, 1.54) is 24.3 Å². The van der Waals surface area contributed by atoms with Gasteiger partial charge >= 0.3 is 11.9 Å². The second-order valence-corrected chi connectivity index (χ2v) is 6.83. The number of thiocarbonyl (C=S) groups is 1. The predicted molar refractivity (Wildman–Crippen MR) is 109 cm³/mol. The number of ether oxygens (including phenoxy) is 1. The zero-order valence-corrected chi connectivity index (χ0v) is 16.5. The molecule has 0 amide bonds. The Labute approximate surface area is 173 Å². The minimum absolute atomic E-state index is 0.122. The lowest BCUT2D eigenvalue weighted by Crippen LogP contribution is -2.40. The van der Waals surface area contributed by atoms with Crippen LogP contribution in [0.4, 0.5) is 13.2 Å². The van der Waals surface area contributed by atoms with Gasteiger partial charge in [0.15, 0.2) is 0 Å². The second-order valence-electron chi connectivity index (χ2n) is 6.39. The molecular weight excluding hydrogens is 419 g/mol. The smallest absolute Gasteiger partial charge is 0.431 e. The van der Waals surface area contributed by atoms with Crippen LogP contribution < -0.4 is 21.7 Å². The van der Waals surface area contributed by atoms with Gasteiger partial charge in [0.25, 0.3) is 5.56 Å². The number of halogens is 3. The summed E-state index contributed by atoms with van der Waals surface area (Å²) in [6.07, 6.45) is -4.81. The van der Waals surface area contributed by atoms with Crippen LogP contribution in [0.25, 0.3) is 5.69 Å². The van der Waals surface area contributed by atoms with E-state index in [-0.39, 0.29) is 17.3 Å². The second kappa shape index (κ2) is 8.15. The van der Waals surface area contributed by atoms with Crippen LogP contribution in [-0.4, -0.2) is 14.1 Å². The van der Waals surface area contributed by atoms with Crippen molar-refractivity contribution in [2.75, 3.05) is 0 Å². The molecule has 0 aliphatic carbocycles. The fraction of sp³-hybridized carbons (Fsp3) is 0.150. The Bertz CT molecular complexity index is 1210. The van der Waals surface area contributed by atoms with E-state index in [1.807, 2.05) is 6.07 Å². The molecular formula is C20H16F3N3O3S. The van der Waals surface area contributed by atoms with Crippen molar-refractivity contribution >= 4 is 17.2 Å². The van der Waals surface area contributed by atoms with Crippen LogP contribution in [0.15, 0.2) is 64.2 Å². The summed E-state index contributed by atoms with van der Waals surface area (Å²) in [5.41, 5.74) is 3.78. The molecule has 0 saturated carbocycles. The lowest BCUT2D eigenvalue weighted by Gasteiger charge is -2.14. The summed E-state index contributed by atoms with van der Waals surface area (Å²) >= 11 is 4.94. The van der Waals surface area contributed by atoms with Gasteiger partial charge in [-0.25, -0.2) is 9.36 Å². The summed E-state index contributed by atoms with van der Waals surface area (Å²) in [7, 11) is 0.958. The highest BCUT2D eigenvalue weighted by Gasteiger charge is 2.35. The first-order valence-electron chi connectivity index (χ1n) is 8.60. The van der Waals surface area contributed by atoms with Gasteiger partial charge in [-0.05, 0) is 35.9 Å². The first-order valence-corrected chi connectivity index (χ1v) is 9.01. The Morgan fingerprint density at radius 1 is 1.10 bits per heavy atom. The van der Waals surface area contributed by atoms with Gasteiger partial charge in [-0.3, -0.25) is 9.36 Å². The highest BCUT2D eigenvalue weighted by Crippen LogP contribution is 2.27. The zero-order valence-electron chi connectivity index (χ0n) is 15.6. The molecule has 0 fully saturated rings. The Morgan fingerprint density at radius 3 is 2.37 bits per heavy atom. The Hall–Kier alpha value is -3.40. The van der Waals surface area contributed by atoms with E-state index in [4.69, 9.17) is 22.7 Å². The number of nitrogens with zero attached hydrogens (tertiary/aromatic N) is 2.